The largest absolute Gasteiger partial charge is 0.496 e. The maximum atomic E-state index is 14.1. The summed E-state index contributed by atoms with van der Waals surface area (Å²) in [5, 5.41) is 12.2. The summed E-state index contributed by atoms with van der Waals surface area (Å²) in [6.07, 6.45) is 0.482. The number of methoxy groups -OCH3 is 2. The zero-order valence-electron chi connectivity index (χ0n) is 22.2. The van der Waals surface area contributed by atoms with Gasteiger partial charge in [-0.1, -0.05) is 62.2 Å². The molecule has 2 aromatic carbocycles. The Labute approximate surface area is 231 Å². The van der Waals surface area contributed by atoms with Gasteiger partial charge in [0, 0.05) is 23.2 Å². The molecule has 39 heavy (non-hydrogen) atoms. The Kier molecular flexibility index (Phi) is 7.27. The Morgan fingerprint density at radius 3 is 2.56 bits per heavy atom. The lowest BCUT2D eigenvalue weighted by atomic mass is 9.68. The van der Waals surface area contributed by atoms with Crippen LogP contribution in [0.5, 0.6) is 17.2 Å². The number of esters is 1. The molecule has 0 fully saturated rings. The Morgan fingerprint density at radius 2 is 1.90 bits per heavy atom. The molecule has 1 aliphatic heterocycles. The van der Waals surface area contributed by atoms with Gasteiger partial charge in [0.15, 0.2) is 5.75 Å². The number of carbonyl (C=O) groups excluding carboxylic acids is 2. The lowest BCUT2D eigenvalue weighted by Crippen LogP contribution is -2.55. The molecule has 0 amide bonds. The summed E-state index contributed by atoms with van der Waals surface area (Å²) >= 11 is 6.58. The second-order valence-electron chi connectivity index (χ2n) is 9.80. The molecule has 3 atom stereocenters. The lowest BCUT2D eigenvalue weighted by molar-refractivity contribution is -0.0639. The highest BCUT2D eigenvalue weighted by molar-refractivity contribution is 6.35. The third-order valence-corrected chi connectivity index (χ3v) is 7.88. The van der Waals surface area contributed by atoms with Crippen LogP contribution in [-0.2, 0) is 11.2 Å². The molecular formula is C30H30ClNO7. The van der Waals surface area contributed by atoms with E-state index < -0.39 is 29.4 Å². The number of rotatable bonds is 7. The van der Waals surface area contributed by atoms with Crippen molar-refractivity contribution in [1.29, 1.82) is 0 Å². The Bertz CT molecular complexity index is 1440. The molecule has 0 bridgehead atoms. The number of pyridine rings is 1. The van der Waals surface area contributed by atoms with E-state index in [4.69, 9.17) is 30.5 Å². The number of halogens is 1. The number of ketones is 1. The van der Waals surface area contributed by atoms with Gasteiger partial charge < -0.3 is 24.1 Å². The Balaban J connectivity index is 1.67. The summed E-state index contributed by atoms with van der Waals surface area (Å²) in [6, 6.07) is 12.5. The van der Waals surface area contributed by atoms with Crippen molar-refractivity contribution >= 4 is 23.4 Å². The SMILES string of the molecule is CCCCOC(=O)c1cc(-c2ccccc2)c2c(n1)C[C@@H](C)[C@]1(Oc3c(Cl)c(OC)cc(OC)c3C1=O)C2O. The van der Waals surface area contributed by atoms with Gasteiger partial charge in [-0.3, -0.25) is 4.79 Å². The zero-order valence-corrected chi connectivity index (χ0v) is 23.0. The van der Waals surface area contributed by atoms with E-state index in [0.717, 1.165) is 18.4 Å². The van der Waals surface area contributed by atoms with Crippen molar-refractivity contribution in [2.24, 2.45) is 5.92 Å². The summed E-state index contributed by atoms with van der Waals surface area (Å²) in [7, 11) is 2.90. The fourth-order valence-corrected chi connectivity index (χ4v) is 5.73. The van der Waals surface area contributed by atoms with E-state index in [2.05, 4.69) is 4.98 Å². The predicted octanol–water partition coefficient (Wildman–Crippen LogP) is 5.62. The first kappa shape index (κ1) is 27.0. The van der Waals surface area contributed by atoms with Crippen LogP contribution >= 0.6 is 11.6 Å². The summed E-state index contributed by atoms with van der Waals surface area (Å²) in [5.41, 5.74) is 0.874. The molecule has 0 saturated heterocycles. The number of carbonyl (C=O) groups is 2. The quantitative estimate of drug-likeness (QED) is 0.298. The number of nitrogens with zero attached hydrogens (tertiary/aromatic N) is 1. The van der Waals surface area contributed by atoms with Gasteiger partial charge in [0.05, 0.1) is 20.8 Å². The molecule has 2 aliphatic rings. The molecule has 204 valence electrons. The number of unbranched alkanes of at least 4 members (excludes halogenated alkanes) is 1. The molecule has 1 aliphatic carbocycles. The second-order valence-corrected chi connectivity index (χ2v) is 10.2. The highest BCUT2D eigenvalue weighted by Gasteiger charge is 2.62. The van der Waals surface area contributed by atoms with E-state index in [9.17, 15) is 14.7 Å². The second kappa shape index (κ2) is 10.5. The van der Waals surface area contributed by atoms with E-state index in [1.54, 1.807) is 6.07 Å². The van der Waals surface area contributed by atoms with Crippen molar-refractivity contribution in [3.05, 3.63) is 70.0 Å². The number of aliphatic hydroxyl groups is 1. The highest BCUT2D eigenvalue weighted by Crippen LogP contribution is 2.57. The minimum atomic E-state index is -1.69. The molecule has 1 aromatic heterocycles. The number of fused-ring (bicyclic) bond motifs is 2. The van der Waals surface area contributed by atoms with E-state index in [0.29, 0.717) is 23.4 Å². The molecule has 5 rings (SSSR count). The molecule has 2 heterocycles. The third kappa shape index (κ3) is 4.22. The topological polar surface area (TPSA) is 104 Å². The van der Waals surface area contributed by atoms with Gasteiger partial charge in [-0.25, -0.2) is 9.78 Å². The zero-order chi connectivity index (χ0) is 27.9. The number of Topliss-reactive ketones (excluding diaryl/α,β-unsaturated/α-hetero) is 1. The average Bonchev–Trinajstić information content (AvgIpc) is 3.26. The smallest absolute Gasteiger partial charge is 0.356 e. The molecular weight excluding hydrogens is 522 g/mol. The summed E-state index contributed by atoms with van der Waals surface area (Å²) in [6.45, 7) is 4.12. The van der Waals surface area contributed by atoms with Crippen molar-refractivity contribution < 1.29 is 33.6 Å². The number of hydrogen-bond acceptors (Lipinski definition) is 8. The van der Waals surface area contributed by atoms with Crippen LogP contribution in [0.1, 0.15) is 64.9 Å². The monoisotopic (exact) mass is 551 g/mol. The molecule has 1 N–H and O–H groups in total. The Morgan fingerprint density at radius 1 is 1.18 bits per heavy atom. The van der Waals surface area contributed by atoms with Crippen LogP contribution in [0.4, 0.5) is 0 Å². The van der Waals surface area contributed by atoms with Crippen LogP contribution in [0.2, 0.25) is 5.02 Å². The third-order valence-electron chi connectivity index (χ3n) is 7.52. The number of hydrogen-bond donors (Lipinski definition) is 1. The first-order chi connectivity index (χ1) is 18.8. The Hall–Kier alpha value is -3.62. The van der Waals surface area contributed by atoms with Gasteiger partial charge in [-0.05, 0) is 30.0 Å². The van der Waals surface area contributed by atoms with Crippen LogP contribution in [0, 0.1) is 5.92 Å². The van der Waals surface area contributed by atoms with Crippen molar-refractivity contribution in [3.8, 4) is 28.4 Å². The van der Waals surface area contributed by atoms with Crippen LogP contribution in [0.3, 0.4) is 0 Å². The molecule has 1 spiro atoms. The van der Waals surface area contributed by atoms with Gasteiger partial charge in [-0.15, -0.1) is 0 Å². The molecule has 0 saturated carbocycles. The minimum Gasteiger partial charge on any atom is -0.496 e. The van der Waals surface area contributed by atoms with E-state index in [1.807, 2.05) is 44.2 Å². The molecule has 9 heteroatoms. The maximum Gasteiger partial charge on any atom is 0.356 e. The normalized spacial score (nSPS) is 21.2. The van der Waals surface area contributed by atoms with Gasteiger partial charge in [0.1, 0.15) is 33.9 Å². The maximum absolute atomic E-state index is 14.1. The molecule has 1 unspecified atom stereocenters. The van der Waals surface area contributed by atoms with Crippen LogP contribution in [0.25, 0.3) is 11.1 Å². The van der Waals surface area contributed by atoms with Gasteiger partial charge in [0.2, 0.25) is 11.4 Å². The highest BCUT2D eigenvalue weighted by atomic mass is 35.5. The van der Waals surface area contributed by atoms with Gasteiger partial charge in [-0.2, -0.15) is 0 Å². The van der Waals surface area contributed by atoms with Crippen molar-refractivity contribution in [3.63, 3.8) is 0 Å². The van der Waals surface area contributed by atoms with Crippen LogP contribution < -0.4 is 14.2 Å². The first-order valence-corrected chi connectivity index (χ1v) is 13.3. The summed E-state index contributed by atoms with van der Waals surface area (Å²) in [4.78, 5) is 31.7. The molecule has 0 radical (unpaired) electrons. The summed E-state index contributed by atoms with van der Waals surface area (Å²) < 4.78 is 22.7. The number of ether oxygens (including phenoxy) is 4. The average molecular weight is 552 g/mol. The van der Waals surface area contributed by atoms with E-state index >= 15 is 0 Å². The fourth-order valence-electron chi connectivity index (χ4n) is 5.46. The lowest BCUT2D eigenvalue weighted by Gasteiger charge is -2.42. The fraction of sp³-hybridized carbons (Fsp3) is 0.367. The van der Waals surface area contributed by atoms with Gasteiger partial charge in [0.25, 0.3) is 0 Å². The number of aromatic nitrogens is 1. The number of benzene rings is 2. The predicted molar refractivity (Wildman–Crippen MR) is 145 cm³/mol. The minimum absolute atomic E-state index is 0.109. The van der Waals surface area contributed by atoms with Crippen molar-refractivity contribution in [2.45, 2.75) is 44.8 Å². The van der Waals surface area contributed by atoms with Crippen LogP contribution in [-0.4, -0.2) is 48.3 Å². The van der Waals surface area contributed by atoms with Crippen molar-refractivity contribution in [2.75, 3.05) is 20.8 Å². The summed E-state index contributed by atoms with van der Waals surface area (Å²) in [5.74, 6) is -0.869. The first-order valence-electron chi connectivity index (χ1n) is 12.9. The van der Waals surface area contributed by atoms with E-state index in [1.165, 1.54) is 20.3 Å². The van der Waals surface area contributed by atoms with Crippen LogP contribution in [0.15, 0.2) is 42.5 Å². The molecule has 8 nitrogen and oxygen atoms in total. The standard InChI is InChI=1S/C30H30ClNO7/c1-5-6-12-38-29(35)20-14-18(17-10-8-7-9-11-17)23-19(32-20)13-16(2)30(27(23)33)28(34)24-21(36-3)15-22(37-4)25(31)26(24)39-30/h7-11,14-16,27,33H,5-6,12-13H2,1-4H3/t16-,27?,30+/m1/s1. The van der Waals surface area contributed by atoms with Gasteiger partial charge >= 0.3 is 5.97 Å². The van der Waals surface area contributed by atoms with E-state index in [-0.39, 0.29) is 39.9 Å². The number of aliphatic hydroxyl groups excluding tert-OH is 1. The van der Waals surface area contributed by atoms with Crippen molar-refractivity contribution in [1.82, 2.24) is 4.98 Å². The molecule has 3 aromatic rings.